The minimum Gasteiger partial charge on any atom is -0.349 e. The van der Waals surface area contributed by atoms with Crippen LogP contribution in [0.15, 0.2) is 22.2 Å². The van der Waals surface area contributed by atoms with Gasteiger partial charge < -0.3 is 9.47 Å². The number of carbonyl (C=O) groups excluding carboxylic acids is 1. The third-order valence-corrected chi connectivity index (χ3v) is 3.68. The zero-order valence-corrected chi connectivity index (χ0v) is 12.7. The van der Waals surface area contributed by atoms with Crippen molar-refractivity contribution in [1.82, 2.24) is 14.5 Å². The Hall–Kier alpha value is -1.30. The predicted octanol–water partition coefficient (Wildman–Crippen LogP) is 1.78. The summed E-state index contributed by atoms with van der Waals surface area (Å²) in [6, 6.07) is 1.73. The SMILES string of the molecule is CC(C)n1ccc(=O)nc1SCCCC(=O)N(C)C. The number of aromatic nitrogens is 2. The van der Waals surface area contributed by atoms with Gasteiger partial charge in [0.15, 0.2) is 5.16 Å². The van der Waals surface area contributed by atoms with Gasteiger partial charge in [-0.05, 0) is 20.3 Å². The maximum absolute atomic E-state index is 11.4. The second-order valence-electron chi connectivity index (χ2n) is 4.79. The van der Waals surface area contributed by atoms with E-state index in [1.54, 1.807) is 25.2 Å². The van der Waals surface area contributed by atoms with Gasteiger partial charge in [0.1, 0.15) is 0 Å². The van der Waals surface area contributed by atoms with Crippen molar-refractivity contribution in [3.8, 4) is 0 Å². The van der Waals surface area contributed by atoms with E-state index in [0.29, 0.717) is 6.42 Å². The van der Waals surface area contributed by atoms with Gasteiger partial charge >= 0.3 is 0 Å². The molecule has 106 valence electrons. The van der Waals surface area contributed by atoms with Crippen LogP contribution < -0.4 is 5.56 Å². The normalized spacial score (nSPS) is 10.8. The molecular formula is C13H21N3O2S. The summed E-state index contributed by atoms with van der Waals surface area (Å²) in [5.74, 6) is 0.908. The molecule has 1 aromatic heterocycles. The van der Waals surface area contributed by atoms with E-state index in [0.717, 1.165) is 17.3 Å². The first-order valence-electron chi connectivity index (χ1n) is 6.34. The largest absolute Gasteiger partial charge is 0.349 e. The monoisotopic (exact) mass is 283 g/mol. The summed E-state index contributed by atoms with van der Waals surface area (Å²) < 4.78 is 1.97. The summed E-state index contributed by atoms with van der Waals surface area (Å²) in [6.07, 6.45) is 3.08. The molecule has 1 aromatic rings. The van der Waals surface area contributed by atoms with Crippen LogP contribution in [0.2, 0.25) is 0 Å². The van der Waals surface area contributed by atoms with Gasteiger partial charge in [-0.15, -0.1) is 0 Å². The van der Waals surface area contributed by atoms with Gasteiger partial charge in [0.2, 0.25) is 5.91 Å². The summed E-state index contributed by atoms with van der Waals surface area (Å²) in [6.45, 7) is 4.09. The van der Waals surface area contributed by atoms with Crippen molar-refractivity contribution < 1.29 is 4.79 Å². The summed E-state index contributed by atoms with van der Waals surface area (Å²) in [4.78, 5) is 28.3. The molecule has 0 N–H and O–H groups in total. The average Bonchev–Trinajstić information content (AvgIpc) is 2.33. The molecule has 0 aliphatic carbocycles. The van der Waals surface area contributed by atoms with Crippen LogP contribution in [-0.2, 0) is 4.79 Å². The standard InChI is InChI=1S/C13H21N3O2S/c1-10(2)16-8-7-11(17)14-13(16)19-9-5-6-12(18)15(3)4/h7-8,10H,5-6,9H2,1-4H3. The maximum Gasteiger partial charge on any atom is 0.273 e. The van der Waals surface area contributed by atoms with Crippen molar-refractivity contribution in [1.29, 1.82) is 0 Å². The zero-order chi connectivity index (χ0) is 14.4. The molecule has 0 aliphatic heterocycles. The van der Waals surface area contributed by atoms with Gasteiger partial charge in [-0.3, -0.25) is 9.59 Å². The Labute approximate surface area is 118 Å². The van der Waals surface area contributed by atoms with E-state index >= 15 is 0 Å². The fourth-order valence-electron chi connectivity index (χ4n) is 1.51. The lowest BCUT2D eigenvalue weighted by Crippen LogP contribution is -2.21. The second-order valence-corrected chi connectivity index (χ2v) is 5.85. The number of hydrogen-bond acceptors (Lipinski definition) is 4. The minimum absolute atomic E-state index is 0.128. The van der Waals surface area contributed by atoms with E-state index in [2.05, 4.69) is 4.98 Å². The molecular weight excluding hydrogens is 262 g/mol. The van der Waals surface area contributed by atoms with E-state index in [1.165, 1.54) is 17.8 Å². The van der Waals surface area contributed by atoms with Crippen LogP contribution in [0.25, 0.3) is 0 Å². The Morgan fingerprint density at radius 3 is 2.74 bits per heavy atom. The van der Waals surface area contributed by atoms with E-state index in [4.69, 9.17) is 0 Å². The van der Waals surface area contributed by atoms with E-state index in [-0.39, 0.29) is 17.5 Å². The first-order valence-corrected chi connectivity index (χ1v) is 7.32. The van der Waals surface area contributed by atoms with Gasteiger partial charge in [-0.25, -0.2) is 0 Å². The Balaban J connectivity index is 2.55. The van der Waals surface area contributed by atoms with Crippen molar-refractivity contribution >= 4 is 17.7 Å². The third kappa shape index (κ3) is 5.06. The molecule has 0 radical (unpaired) electrons. The van der Waals surface area contributed by atoms with E-state index < -0.39 is 0 Å². The average molecular weight is 283 g/mol. The van der Waals surface area contributed by atoms with Crippen LogP contribution in [0.1, 0.15) is 32.7 Å². The first kappa shape index (κ1) is 15.8. The van der Waals surface area contributed by atoms with Gasteiger partial charge in [-0.2, -0.15) is 4.98 Å². The highest BCUT2D eigenvalue weighted by atomic mass is 32.2. The highest BCUT2D eigenvalue weighted by Crippen LogP contribution is 2.19. The fourth-order valence-corrected chi connectivity index (χ4v) is 2.55. The van der Waals surface area contributed by atoms with Crippen LogP contribution in [0, 0.1) is 0 Å². The maximum atomic E-state index is 11.4. The quantitative estimate of drug-likeness (QED) is 0.454. The van der Waals surface area contributed by atoms with Crippen LogP contribution in [0.5, 0.6) is 0 Å². The van der Waals surface area contributed by atoms with Crippen molar-refractivity contribution in [2.24, 2.45) is 0 Å². The molecule has 0 saturated carbocycles. The number of thioether (sulfide) groups is 1. The van der Waals surface area contributed by atoms with Gasteiger partial charge in [-0.1, -0.05) is 11.8 Å². The highest BCUT2D eigenvalue weighted by molar-refractivity contribution is 7.99. The number of rotatable bonds is 6. The van der Waals surface area contributed by atoms with Crippen molar-refractivity contribution in [3.63, 3.8) is 0 Å². The zero-order valence-electron chi connectivity index (χ0n) is 11.9. The van der Waals surface area contributed by atoms with Crippen LogP contribution in [0.3, 0.4) is 0 Å². The summed E-state index contributed by atoms with van der Waals surface area (Å²) in [7, 11) is 3.51. The molecule has 0 saturated heterocycles. The molecule has 19 heavy (non-hydrogen) atoms. The minimum atomic E-state index is -0.219. The van der Waals surface area contributed by atoms with Crippen LogP contribution in [-0.4, -0.2) is 40.2 Å². The van der Waals surface area contributed by atoms with Crippen LogP contribution in [0.4, 0.5) is 0 Å². The molecule has 0 atom stereocenters. The first-order chi connectivity index (χ1) is 8.91. The smallest absolute Gasteiger partial charge is 0.273 e. The van der Waals surface area contributed by atoms with Crippen molar-refractivity contribution in [2.45, 2.75) is 37.9 Å². The number of nitrogens with zero attached hydrogens (tertiary/aromatic N) is 3. The Morgan fingerprint density at radius 1 is 1.47 bits per heavy atom. The molecule has 1 heterocycles. The molecule has 0 aliphatic rings. The molecule has 0 aromatic carbocycles. The topological polar surface area (TPSA) is 55.2 Å². The predicted molar refractivity (Wildman–Crippen MR) is 77.5 cm³/mol. The lowest BCUT2D eigenvalue weighted by atomic mass is 10.3. The van der Waals surface area contributed by atoms with E-state index in [1.807, 2.05) is 18.4 Å². The lowest BCUT2D eigenvalue weighted by Gasteiger charge is -2.15. The number of hydrogen-bond donors (Lipinski definition) is 0. The summed E-state index contributed by atoms with van der Waals surface area (Å²) in [5.41, 5.74) is -0.219. The third-order valence-electron chi connectivity index (χ3n) is 2.63. The van der Waals surface area contributed by atoms with Crippen molar-refractivity contribution in [2.75, 3.05) is 19.8 Å². The van der Waals surface area contributed by atoms with Crippen molar-refractivity contribution in [3.05, 3.63) is 22.6 Å². The molecule has 5 nitrogen and oxygen atoms in total. The number of carbonyl (C=O) groups is 1. The highest BCUT2D eigenvalue weighted by Gasteiger charge is 2.08. The molecule has 6 heteroatoms. The van der Waals surface area contributed by atoms with Gasteiger partial charge in [0.05, 0.1) is 0 Å². The Bertz CT molecular complexity index is 483. The Morgan fingerprint density at radius 2 is 2.16 bits per heavy atom. The number of amides is 1. The summed E-state index contributed by atoms with van der Waals surface area (Å²) >= 11 is 1.52. The van der Waals surface area contributed by atoms with Crippen LogP contribution >= 0.6 is 11.8 Å². The lowest BCUT2D eigenvalue weighted by molar-refractivity contribution is -0.128. The fraction of sp³-hybridized carbons (Fsp3) is 0.615. The molecule has 1 rings (SSSR count). The Kier molecular flexibility index (Phi) is 6.08. The van der Waals surface area contributed by atoms with Gasteiger partial charge in [0.25, 0.3) is 5.56 Å². The second kappa shape index (κ2) is 7.33. The molecule has 1 amide bonds. The molecule has 0 fully saturated rings. The van der Waals surface area contributed by atoms with Gasteiger partial charge in [0, 0.05) is 44.6 Å². The van der Waals surface area contributed by atoms with E-state index in [9.17, 15) is 9.59 Å². The molecule has 0 unspecified atom stereocenters. The molecule has 0 spiro atoms. The summed E-state index contributed by atoms with van der Waals surface area (Å²) in [5, 5.41) is 0.722. The molecule has 0 bridgehead atoms.